The van der Waals surface area contributed by atoms with Crippen LogP contribution in [-0.4, -0.2) is 11.5 Å². The van der Waals surface area contributed by atoms with E-state index in [1.54, 1.807) is 11.3 Å². The average Bonchev–Trinajstić information content (AvgIpc) is 2.75. The minimum absolute atomic E-state index is 0.826. The molecule has 0 radical (unpaired) electrons. The van der Waals surface area contributed by atoms with E-state index < -0.39 is 0 Å². The van der Waals surface area contributed by atoms with Gasteiger partial charge in [-0.1, -0.05) is 19.1 Å². The van der Waals surface area contributed by atoms with E-state index in [0.29, 0.717) is 0 Å². The molecule has 0 unspecified atom stereocenters. The first-order chi connectivity index (χ1) is 8.70. The summed E-state index contributed by atoms with van der Waals surface area (Å²) >= 11 is 1.69. The van der Waals surface area contributed by atoms with Gasteiger partial charge in [-0.3, -0.25) is 0 Å². The molecule has 18 heavy (non-hydrogen) atoms. The van der Waals surface area contributed by atoms with Crippen molar-refractivity contribution in [2.45, 2.75) is 26.8 Å². The largest absolute Gasteiger partial charge is 0.397 e. The first-order valence-electron chi connectivity index (χ1n) is 6.21. The van der Waals surface area contributed by atoms with Crippen molar-refractivity contribution in [2.75, 3.05) is 17.2 Å². The molecule has 2 N–H and O–H groups in total. The predicted octanol–water partition coefficient (Wildman–Crippen LogP) is 3.45. The lowest BCUT2D eigenvalue weighted by Crippen LogP contribution is -2.24. The third kappa shape index (κ3) is 3.01. The summed E-state index contributed by atoms with van der Waals surface area (Å²) in [6.07, 6.45) is 1.09. The van der Waals surface area contributed by atoms with Gasteiger partial charge in [0.2, 0.25) is 0 Å². The Hall–Kier alpha value is -1.55. The monoisotopic (exact) mass is 261 g/mol. The van der Waals surface area contributed by atoms with E-state index in [0.717, 1.165) is 41.6 Å². The molecule has 96 valence electrons. The van der Waals surface area contributed by atoms with Crippen LogP contribution in [0.3, 0.4) is 0 Å². The molecule has 4 heteroatoms. The molecule has 2 aromatic rings. The molecule has 0 aliphatic rings. The van der Waals surface area contributed by atoms with Crippen LogP contribution < -0.4 is 10.6 Å². The first kappa shape index (κ1) is 12.9. The SMILES string of the molecule is CCCN(Cc1csc(C)n1)c1ccccc1N. The molecule has 1 heterocycles. The lowest BCUT2D eigenvalue weighted by atomic mass is 10.2. The van der Waals surface area contributed by atoms with E-state index in [1.807, 2.05) is 25.1 Å². The van der Waals surface area contributed by atoms with Crippen LogP contribution in [0, 0.1) is 6.92 Å². The Labute approximate surface area is 112 Å². The fraction of sp³-hybridized carbons (Fsp3) is 0.357. The summed E-state index contributed by atoms with van der Waals surface area (Å²) in [5.41, 5.74) is 9.10. The Bertz CT molecular complexity index is 507. The second-order valence-corrected chi connectivity index (χ2v) is 5.40. The van der Waals surface area contributed by atoms with Gasteiger partial charge in [0.25, 0.3) is 0 Å². The van der Waals surface area contributed by atoms with Gasteiger partial charge in [-0.15, -0.1) is 11.3 Å². The van der Waals surface area contributed by atoms with Crippen LogP contribution in [0.1, 0.15) is 24.0 Å². The lowest BCUT2D eigenvalue weighted by molar-refractivity contribution is 0.757. The molecule has 3 nitrogen and oxygen atoms in total. The van der Waals surface area contributed by atoms with Crippen molar-refractivity contribution < 1.29 is 0 Å². The molecule has 1 aromatic heterocycles. The number of aromatic nitrogens is 1. The summed E-state index contributed by atoms with van der Waals surface area (Å²) < 4.78 is 0. The van der Waals surface area contributed by atoms with E-state index in [4.69, 9.17) is 5.73 Å². The summed E-state index contributed by atoms with van der Waals surface area (Å²) in [6.45, 7) is 6.03. The average molecular weight is 261 g/mol. The third-order valence-corrected chi connectivity index (χ3v) is 3.61. The van der Waals surface area contributed by atoms with Crippen molar-refractivity contribution in [1.29, 1.82) is 0 Å². The molecular formula is C14H19N3S. The fourth-order valence-corrected chi connectivity index (χ4v) is 2.61. The van der Waals surface area contributed by atoms with Crippen molar-refractivity contribution >= 4 is 22.7 Å². The van der Waals surface area contributed by atoms with Gasteiger partial charge in [-0.05, 0) is 25.5 Å². The highest BCUT2D eigenvalue weighted by Crippen LogP contribution is 2.24. The van der Waals surface area contributed by atoms with Gasteiger partial charge in [0.1, 0.15) is 0 Å². The quantitative estimate of drug-likeness (QED) is 0.838. The maximum absolute atomic E-state index is 6.05. The Morgan fingerprint density at radius 2 is 2.11 bits per heavy atom. The predicted molar refractivity (Wildman–Crippen MR) is 79.0 cm³/mol. The van der Waals surface area contributed by atoms with Crippen LogP contribution >= 0.6 is 11.3 Å². The molecule has 0 saturated carbocycles. The maximum atomic E-state index is 6.05. The normalized spacial score (nSPS) is 10.6. The highest BCUT2D eigenvalue weighted by molar-refractivity contribution is 7.09. The molecule has 0 spiro atoms. The number of anilines is 2. The Balaban J connectivity index is 2.20. The molecule has 0 amide bonds. The van der Waals surface area contributed by atoms with Gasteiger partial charge < -0.3 is 10.6 Å². The number of benzene rings is 1. The lowest BCUT2D eigenvalue weighted by Gasteiger charge is -2.24. The van der Waals surface area contributed by atoms with Gasteiger partial charge in [-0.25, -0.2) is 4.98 Å². The van der Waals surface area contributed by atoms with Crippen LogP contribution in [0.25, 0.3) is 0 Å². The molecular weight excluding hydrogens is 242 g/mol. The summed E-state index contributed by atoms with van der Waals surface area (Å²) in [5, 5.41) is 3.24. The van der Waals surface area contributed by atoms with Gasteiger partial charge in [-0.2, -0.15) is 0 Å². The Morgan fingerprint density at radius 3 is 2.72 bits per heavy atom. The van der Waals surface area contributed by atoms with E-state index in [1.165, 1.54) is 0 Å². The summed E-state index contributed by atoms with van der Waals surface area (Å²) in [4.78, 5) is 6.82. The zero-order chi connectivity index (χ0) is 13.0. The number of hydrogen-bond acceptors (Lipinski definition) is 4. The smallest absolute Gasteiger partial charge is 0.0898 e. The molecule has 0 saturated heterocycles. The van der Waals surface area contributed by atoms with E-state index in [2.05, 4.69) is 28.3 Å². The highest BCUT2D eigenvalue weighted by Gasteiger charge is 2.10. The molecule has 2 rings (SSSR count). The summed E-state index contributed by atoms with van der Waals surface area (Å²) in [7, 11) is 0. The molecule has 1 aromatic carbocycles. The number of nitrogens with two attached hydrogens (primary N) is 1. The van der Waals surface area contributed by atoms with E-state index in [9.17, 15) is 0 Å². The molecule has 0 aliphatic carbocycles. The number of thiazole rings is 1. The minimum atomic E-state index is 0.826. The Morgan fingerprint density at radius 1 is 1.33 bits per heavy atom. The maximum Gasteiger partial charge on any atom is 0.0898 e. The van der Waals surface area contributed by atoms with Crippen molar-refractivity contribution in [3.8, 4) is 0 Å². The van der Waals surface area contributed by atoms with E-state index >= 15 is 0 Å². The van der Waals surface area contributed by atoms with Gasteiger partial charge in [0, 0.05) is 11.9 Å². The topological polar surface area (TPSA) is 42.2 Å². The molecule has 0 atom stereocenters. The molecule has 0 aliphatic heterocycles. The number of hydrogen-bond donors (Lipinski definition) is 1. The van der Waals surface area contributed by atoms with Gasteiger partial charge in [0.15, 0.2) is 0 Å². The number of nitrogen functional groups attached to an aromatic ring is 1. The second-order valence-electron chi connectivity index (χ2n) is 4.34. The van der Waals surface area contributed by atoms with Gasteiger partial charge in [0.05, 0.1) is 28.6 Å². The van der Waals surface area contributed by atoms with Crippen LogP contribution in [0.4, 0.5) is 11.4 Å². The first-order valence-corrected chi connectivity index (χ1v) is 7.09. The molecule has 0 fully saturated rings. The van der Waals surface area contributed by atoms with Crippen LogP contribution in [0.15, 0.2) is 29.6 Å². The summed E-state index contributed by atoms with van der Waals surface area (Å²) in [6, 6.07) is 8.02. The summed E-state index contributed by atoms with van der Waals surface area (Å²) in [5.74, 6) is 0. The number of para-hydroxylation sites is 2. The standard InChI is InChI=1S/C14H19N3S/c1-3-8-17(9-12-10-18-11(2)16-12)14-7-5-4-6-13(14)15/h4-7,10H,3,8-9,15H2,1-2H3. The number of aryl methyl sites for hydroxylation is 1. The molecule has 0 bridgehead atoms. The van der Waals surface area contributed by atoms with Crippen LogP contribution in [-0.2, 0) is 6.54 Å². The third-order valence-electron chi connectivity index (χ3n) is 2.79. The zero-order valence-electron chi connectivity index (χ0n) is 10.9. The number of nitrogens with zero attached hydrogens (tertiary/aromatic N) is 2. The van der Waals surface area contributed by atoms with Gasteiger partial charge >= 0.3 is 0 Å². The highest BCUT2D eigenvalue weighted by atomic mass is 32.1. The minimum Gasteiger partial charge on any atom is -0.397 e. The van der Waals surface area contributed by atoms with Crippen molar-refractivity contribution in [2.24, 2.45) is 0 Å². The Kier molecular flexibility index (Phi) is 4.20. The van der Waals surface area contributed by atoms with Crippen LogP contribution in [0.5, 0.6) is 0 Å². The second kappa shape index (κ2) is 5.87. The number of rotatable bonds is 5. The van der Waals surface area contributed by atoms with Crippen LogP contribution in [0.2, 0.25) is 0 Å². The fourth-order valence-electron chi connectivity index (χ4n) is 2.01. The van der Waals surface area contributed by atoms with Crippen molar-refractivity contribution in [1.82, 2.24) is 4.98 Å². The van der Waals surface area contributed by atoms with Crippen molar-refractivity contribution in [3.63, 3.8) is 0 Å². The van der Waals surface area contributed by atoms with Crippen molar-refractivity contribution in [3.05, 3.63) is 40.3 Å². The van der Waals surface area contributed by atoms with E-state index in [-0.39, 0.29) is 0 Å². The zero-order valence-corrected chi connectivity index (χ0v) is 11.7.